The molecular weight excluding hydrogens is 209 g/mol. The summed E-state index contributed by atoms with van der Waals surface area (Å²) in [6.07, 6.45) is 0.780. The van der Waals surface area contributed by atoms with Crippen molar-refractivity contribution < 1.29 is 9.18 Å². The number of halogens is 1. The molecule has 0 unspecified atom stereocenters. The molecule has 1 aromatic rings. The van der Waals surface area contributed by atoms with E-state index in [0.29, 0.717) is 24.3 Å². The second-order valence-corrected chi connectivity index (χ2v) is 3.56. The first-order valence-corrected chi connectivity index (χ1v) is 5.10. The molecule has 0 saturated heterocycles. The van der Waals surface area contributed by atoms with Crippen LogP contribution in [-0.4, -0.2) is 19.0 Å². The van der Waals surface area contributed by atoms with Gasteiger partial charge >= 0.3 is 0 Å². The zero-order valence-corrected chi connectivity index (χ0v) is 9.22. The number of benzene rings is 1. The molecule has 0 aliphatic carbocycles. The number of primary amides is 1. The average molecular weight is 225 g/mol. The fourth-order valence-corrected chi connectivity index (χ4v) is 1.33. The van der Waals surface area contributed by atoms with Crippen LogP contribution in [0.1, 0.15) is 22.3 Å². The molecule has 0 saturated carbocycles. The first-order chi connectivity index (χ1) is 7.56. The summed E-state index contributed by atoms with van der Waals surface area (Å²) in [5.74, 6) is -1.08. The lowest BCUT2D eigenvalue weighted by Gasteiger charge is -2.11. The van der Waals surface area contributed by atoms with Crippen molar-refractivity contribution in [1.29, 1.82) is 0 Å². The maximum Gasteiger partial charge on any atom is 0.248 e. The maximum absolute atomic E-state index is 13.4. The van der Waals surface area contributed by atoms with E-state index in [9.17, 15) is 9.18 Å². The molecule has 4 nitrogen and oxygen atoms in total. The van der Waals surface area contributed by atoms with Gasteiger partial charge in [-0.15, -0.1) is 0 Å². The van der Waals surface area contributed by atoms with Crippen molar-refractivity contribution in [3.8, 4) is 0 Å². The van der Waals surface area contributed by atoms with Crippen LogP contribution in [0.5, 0.6) is 0 Å². The average Bonchev–Trinajstić information content (AvgIpc) is 2.24. The SMILES string of the molecule is Cc1c(F)cc(C(N)=O)cc1NCCCN. The summed E-state index contributed by atoms with van der Waals surface area (Å²) in [6.45, 7) is 2.84. The number of rotatable bonds is 5. The van der Waals surface area contributed by atoms with Gasteiger partial charge in [-0.1, -0.05) is 0 Å². The largest absolute Gasteiger partial charge is 0.385 e. The molecule has 0 heterocycles. The van der Waals surface area contributed by atoms with Crippen LogP contribution in [-0.2, 0) is 0 Å². The number of carbonyl (C=O) groups excluding carboxylic acids is 1. The van der Waals surface area contributed by atoms with Crippen molar-refractivity contribution in [2.24, 2.45) is 11.5 Å². The first-order valence-electron chi connectivity index (χ1n) is 5.10. The zero-order chi connectivity index (χ0) is 12.1. The number of nitrogens with two attached hydrogens (primary N) is 2. The highest BCUT2D eigenvalue weighted by Gasteiger charge is 2.09. The van der Waals surface area contributed by atoms with E-state index in [4.69, 9.17) is 11.5 Å². The molecule has 1 amide bonds. The van der Waals surface area contributed by atoms with Gasteiger partial charge in [-0.25, -0.2) is 4.39 Å². The van der Waals surface area contributed by atoms with E-state index >= 15 is 0 Å². The van der Waals surface area contributed by atoms with Crippen molar-refractivity contribution >= 4 is 11.6 Å². The molecule has 16 heavy (non-hydrogen) atoms. The Bertz CT molecular complexity index is 393. The Morgan fingerprint density at radius 2 is 2.19 bits per heavy atom. The Labute approximate surface area is 93.8 Å². The highest BCUT2D eigenvalue weighted by molar-refractivity contribution is 5.94. The first kappa shape index (κ1) is 12.4. The summed E-state index contributed by atoms with van der Waals surface area (Å²) in [5.41, 5.74) is 11.7. The molecule has 5 N–H and O–H groups in total. The van der Waals surface area contributed by atoms with E-state index in [1.807, 2.05) is 0 Å². The predicted molar refractivity (Wildman–Crippen MR) is 61.8 cm³/mol. The van der Waals surface area contributed by atoms with Crippen LogP contribution in [0.15, 0.2) is 12.1 Å². The second-order valence-electron chi connectivity index (χ2n) is 3.56. The maximum atomic E-state index is 13.4. The predicted octanol–water partition coefficient (Wildman–Crippen LogP) is 0.994. The number of anilines is 1. The van der Waals surface area contributed by atoms with Crippen LogP contribution in [0.4, 0.5) is 10.1 Å². The van der Waals surface area contributed by atoms with E-state index < -0.39 is 11.7 Å². The molecule has 5 heteroatoms. The monoisotopic (exact) mass is 225 g/mol. The van der Waals surface area contributed by atoms with Crippen molar-refractivity contribution in [3.63, 3.8) is 0 Å². The van der Waals surface area contributed by atoms with Gasteiger partial charge < -0.3 is 16.8 Å². The van der Waals surface area contributed by atoms with Crippen LogP contribution < -0.4 is 16.8 Å². The van der Waals surface area contributed by atoms with Crippen LogP contribution in [0.3, 0.4) is 0 Å². The van der Waals surface area contributed by atoms with E-state index in [2.05, 4.69) is 5.32 Å². The van der Waals surface area contributed by atoms with E-state index in [0.717, 1.165) is 12.5 Å². The lowest BCUT2D eigenvalue weighted by molar-refractivity contribution is 0.1000. The minimum Gasteiger partial charge on any atom is -0.385 e. The Kier molecular flexibility index (Phi) is 4.25. The highest BCUT2D eigenvalue weighted by atomic mass is 19.1. The molecule has 0 aliphatic heterocycles. The fraction of sp³-hybridized carbons (Fsp3) is 0.364. The molecular formula is C11H16FN3O. The lowest BCUT2D eigenvalue weighted by atomic mass is 10.1. The molecule has 0 spiro atoms. The number of carbonyl (C=O) groups is 1. The van der Waals surface area contributed by atoms with Crippen molar-refractivity contribution in [2.45, 2.75) is 13.3 Å². The third-order valence-corrected chi connectivity index (χ3v) is 2.33. The summed E-state index contributed by atoms with van der Waals surface area (Å²) < 4.78 is 13.4. The minimum absolute atomic E-state index is 0.165. The quantitative estimate of drug-likeness (QED) is 0.654. The zero-order valence-electron chi connectivity index (χ0n) is 9.22. The standard InChI is InChI=1S/C11H16FN3O/c1-7-9(12)5-8(11(14)16)6-10(7)15-4-2-3-13/h5-6,15H,2-4,13H2,1H3,(H2,14,16). The fourth-order valence-electron chi connectivity index (χ4n) is 1.33. The molecule has 0 atom stereocenters. The van der Waals surface area contributed by atoms with Crippen LogP contribution in [0, 0.1) is 12.7 Å². The number of hydrogen-bond acceptors (Lipinski definition) is 3. The number of hydrogen-bond donors (Lipinski definition) is 3. The van der Waals surface area contributed by atoms with Gasteiger partial charge in [0.1, 0.15) is 5.82 Å². The Hall–Kier alpha value is -1.62. The molecule has 0 radical (unpaired) electrons. The summed E-state index contributed by atoms with van der Waals surface area (Å²) in [5, 5.41) is 3.02. The van der Waals surface area contributed by atoms with Crippen LogP contribution in [0.2, 0.25) is 0 Å². The van der Waals surface area contributed by atoms with E-state index in [-0.39, 0.29) is 5.56 Å². The molecule has 0 bridgehead atoms. The number of nitrogens with one attached hydrogen (secondary N) is 1. The molecule has 0 aromatic heterocycles. The van der Waals surface area contributed by atoms with Gasteiger partial charge in [-0.2, -0.15) is 0 Å². The summed E-state index contributed by atoms with van der Waals surface area (Å²) >= 11 is 0. The lowest BCUT2D eigenvalue weighted by Crippen LogP contribution is -2.14. The Morgan fingerprint density at radius 3 is 2.75 bits per heavy atom. The molecule has 88 valence electrons. The Balaban J connectivity index is 2.93. The second kappa shape index (κ2) is 5.46. The third kappa shape index (κ3) is 2.93. The van der Waals surface area contributed by atoms with Crippen molar-refractivity contribution in [1.82, 2.24) is 0 Å². The highest BCUT2D eigenvalue weighted by Crippen LogP contribution is 2.20. The van der Waals surface area contributed by atoms with E-state index in [1.54, 1.807) is 13.0 Å². The molecule has 0 fully saturated rings. The minimum atomic E-state index is -0.638. The van der Waals surface area contributed by atoms with Crippen molar-refractivity contribution in [3.05, 3.63) is 29.1 Å². The van der Waals surface area contributed by atoms with Gasteiger partial charge in [0, 0.05) is 23.4 Å². The topological polar surface area (TPSA) is 81.1 Å². The van der Waals surface area contributed by atoms with Gasteiger partial charge in [0.25, 0.3) is 0 Å². The molecule has 0 aliphatic rings. The van der Waals surface area contributed by atoms with E-state index in [1.165, 1.54) is 0 Å². The van der Waals surface area contributed by atoms with Crippen molar-refractivity contribution in [2.75, 3.05) is 18.4 Å². The van der Waals surface area contributed by atoms with Gasteiger partial charge in [0.2, 0.25) is 5.91 Å². The van der Waals surface area contributed by atoms with Crippen LogP contribution in [0.25, 0.3) is 0 Å². The summed E-state index contributed by atoms with van der Waals surface area (Å²) in [4.78, 5) is 11.0. The van der Waals surface area contributed by atoms with Gasteiger partial charge in [0.05, 0.1) is 0 Å². The Morgan fingerprint density at radius 1 is 1.50 bits per heavy atom. The van der Waals surface area contributed by atoms with Crippen LogP contribution >= 0.6 is 0 Å². The molecule has 1 aromatic carbocycles. The summed E-state index contributed by atoms with van der Waals surface area (Å²) in [7, 11) is 0. The normalized spacial score (nSPS) is 10.2. The molecule has 1 rings (SSSR count). The van der Waals surface area contributed by atoms with Gasteiger partial charge in [0.15, 0.2) is 0 Å². The third-order valence-electron chi connectivity index (χ3n) is 2.33. The smallest absolute Gasteiger partial charge is 0.248 e. The van der Waals surface area contributed by atoms with Gasteiger partial charge in [-0.3, -0.25) is 4.79 Å². The number of amides is 1. The van der Waals surface area contributed by atoms with Gasteiger partial charge in [-0.05, 0) is 32.0 Å². The summed E-state index contributed by atoms with van der Waals surface area (Å²) in [6, 6.07) is 2.70.